The first-order valence-electron chi connectivity index (χ1n) is 6.60. The highest BCUT2D eigenvalue weighted by molar-refractivity contribution is 5.35. The van der Waals surface area contributed by atoms with Gasteiger partial charge in [0.2, 0.25) is 0 Å². The topological polar surface area (TPSA) is 53.1 Å². The van der Waals surface area contributed by atoms with Crippen LogP contribution in [0.25, 0.3) is 0 Å². The zero-order chi connectivity index (χ0) is 13.8. The van der Waals surface area contributed by atoms with Crippen molar-refractivity contribution < 1.29 is 4.74 Å². The first-order valence-corrected chi connectivity index (χ1v) is 6.60. The molecule has 0 spiro atoms. The van der Waals surface area contributed by atoms with E-state index in [1.165, 1.54) is 0 Å². The summed E-state index contributed by atoms with van der Waals surface area (Å²) in [6, 6.07) is 7.83. The van der Waals surface area contributed by atoms with E-state index in [9.17, 15) is 0 Å². The van der Waals surface area contributed by atoms with Crippen LogP contribution >= 0.6 is 0 Å². The number of hydrogen-bond donors (Lipinski definition) is 1. The number of benzene rings is 1. The van der Waals surface area contributed by atoms with Gasteiger partial charge >= 0.3 is 0 Å². The van der Waals surface area contributed by atoms with Crippen LogP contribution in [0.5, 0.6) is 5.75 Å². The summed E-state index contributed by atoms with van der Waals surface area (Å²) in [5.41, 5.74) is 9.51. The predicted molar refractivity (Wildman–Crippen MR) is 76.2 cm³/mol. The lowest BCUT2D eigenvalue weighted by molar-refractivity contribution is 0.317. The summed E-state index contributed by atoms with van der Waals surface area (Å²) in [6.45, 7) is 4.86. The minimum atomic E-state index is -0.145. The highest BCUT2D eigenvalue weighted by atomic mass is 16.5. The van der Waals surface area contributed by atoms with E-state index in [1.54, 1.807) is 0 Å². The van der Waals surface area contributed by atoms with Crippen LogP contribution in [0, 0.1) is 6.92 Å². The normalized spacial score (nSPS) is 12.4. The maximum absolute atomic E-state index is 6.29. The molecule has 1 heterocycles. The molecule has 0 saturated carbocycles. The van der Waals surface area contributed by atoms with Crippen LogP contribution in [0.3, 0.4) is 0 Å². The van der Waals surface area contributed by atoms with Gasteiger partial charge in [-0.05, 0) is 31.0 Å². The van der Waals surface area contributed by atoms with Gasteiger partial charge in [-0.3, -0.25) is 4.68 Å². The molecule has 0 saturated heterocycles. The number of rotatable bonds is 5. The zero-order valence-electron chi connectivity index (χ0n) is 11.8. The number of ether oxygens (including phenoxy) is 1. The molecule has 2 N–H and O–H groups in total. The number of hydrogen-bond acceptors (Lipinski definition) is 3. The number of aromatic nitrogens is 2. The second-order valence-electron chi connectivity index (χ2n) is 4.70. The van der Waals surface area contributed by atoms with Crippen molar-refractivity contribution in [3.05, 3.63) is 47.3 Å². The molecule has 1 aromatic heterocycles. The molecule has 2 rings (SSSR count). The Hall–Kier alpha value is -1.81. The van der Waals surface area contributed by atoms with Crippen LogP contribution in [0.2, 0.25) is 0 Å². The third kappa shape index (κ3) is 2.96. The number of nitrogens with two attached hydrogens (primary N) is 1. The summed E-state index contributed by atoms with van der Waals surface area (Å²) >= 11 is 0. The molecule has 0 amide bonds. The van der Waals surface area contributed by atoms with E-state index in [1.807, 2.05) is 49.1 Å². The fraction of sp³-hybridized carbons (Fsp3) is 0.400. The van der Waals surface area contributed by atoms with Gasteiger partial charge in [0.25, 0.3) is 0 Å². The molecule has 19 heavy (non-hydrogen) atoms. The Kier molecular flexibility index (Phi) is 4.22. The summed E-state index contributed by atoms with van der Waals surface area (Å²) in [7, 11) is 1.92. The van der Waals surface area contributed by atoms with Crippen molar-refractivity contribution in [3.8, 4) is 5.75 Å². The van der Waals surface area contributed by atoms with Crippen molar-refractivity contribution in [1.82, 2.24) is 9.78 Å². The van der Waals surface area contributed by atoms with Crippen molar-refractivity contribution in [1.29, 1.82) is 0 Å². The molecule has 0 bridgehead atoms. The molecule has 0 aliphatic carbocycles. The lowest BCUT2D eigenvalue weighted by atomic mass is 10.0. The highest BCUT2D eigenvalue weighted by Crippen LogP contribution is 2.24. The Morgan fingerprint density at radius 1 is 1.32 bits per heavy atom. The molecule has 2 aromatic rings. The Bertz CT molecular complexity index is 531. The zero-order valence-corrected chi connectivity index (χ0v) is 11.8. The van der Waals surface area contributed by atoms with E-state index in [2.05, 4.69) is 12.0 Å². The summed E-state index contributed by atoms with van der Waals surface area (Å²) < 4.78 is 7.41. The summed E-state index contributed by atoms with van der Waals surface area (Å²) in [4.78, 5) is 0. The lowest BCUT2D eigenvalue weighted by Crippen LogP contribution is -2.12. The van der Waals surface area contributed by atoms with Crippen LogP contribution in [-0.4, -0.2) is 16.4 Å². The summed E-state index contributed by atoms with van der Waals surface area (Å²) in [5, 5.41) is 4.23. The van der Waals surface area contributed by atoms with Gasteiger partial charge in [0.05, 0.1) is 18.8 Å². The third-order valence-corrected chi connectivity index (χ3v) is 3.32. The van der Waals surface area contributed by atoms with E-state index in [4.69, 9.17) is 10.5 Å². The van der Waals surface area contributed by atoms with Crippen molar-refractivity contribution in [2.24, 2.45) is 12.8 Å². The second kappa shape index (κ2) is 5.89. The first-order chi connectivity index (χ1) is 9.13. The van der Waals surface area contributed by atoms with Crippen molar-refractivity contribution in [2.75, 3.05) is 6.61 Å². The largest absolute Gasteiger partial charge is 0.494 e. The Morgan fingerprint density at radius 2 is 2.00 bits per heavy atom. The van der Waals surface area contributed by atoms with Crippen LogP contribution in [0.15, 0.2) is 30.5 Å². The molecule has 0 aliphatic heterocycles. The second-order valence-corrected chi connectivity index (χ2v) is 4.70. The maximum Gasteiger partial charge on any atom is 0.119 e. The maximum atomic E-state index is 6.29. The predicted octanol–water partition coefficient (Wildman–Crippen LogP) is 2.57. The van der Waals surface area contributed by atoms with Gasteiger partial charge in [0.15, 0.2) is 0 Å². The Morgan fingerprint density at radius 3 is 2.53 bits per heavy atom. The molecule has 1 atom stereocenters. The third-order valence-electron chi connectivity index (χ3n) is 3.32. The lowest BCUT2D eigenvalue weighted by Gasteiger charge is -2.13. The van der Waals surface area contributed by atoms with E-state index in [0.717, 1.165) is 35.6 Å². The monoisotopic (exact) mass is 259 g/mol. The molecule has 0 aliphatic rings. The Balaban J connectivity index is 2.15. The molecule has 4 nitrogen and oxygen atoms in total. The highest BCUT2D eigenvalue weighted by Gasteiger charge is 2.14. The van der Waals surface area contributed by atoms with E-state index < -0.39 is 0 Å². The number of aryl methyl sites for hydroxylation is 1. The standard InChI is InChI=1S/C15H21N3O/c1-4-9-19-13-7-5-12(6-8-13)15(16)14-10-17-18(3)11(14)2/h5-8,10,15H,4,9,16H2,1-3H3. The van der Waals surface area contributed by atoms with Crippen LogP contribution < -0.4 is 10.5 Å². The molecule has 0 fully saturated rings. The van der Waals surface area contributed by atoms with E-state index >= 15 is 0 Å². The molecule has 102 valence electrons. The van der Waals surface area contributed by atoms with Gasteiger partial charge in [0, 0.05) is 18.3 Å². The minimum absolute atomic E-state index is 0.145. The smallest absolute Gasteiger partial charge is 0.119 e. The van der Waals surface area contributed by atoms with Crippen LogP contribution in [0.1, 0.15) is 36.2 Å². The van der Waals surface area contributed by atoms with Gasteiger partial charge in [-0.15, -0.1) is 0 Å². The fourth-order valence-corrected chi connectivity index (χ4v) is 1.99. The summed E-state index contributed by atoms with van der Waals surface area (Å²) in [5.74, 6) is 0.890. The minimum Gasteiger partial charge on any atom is -0.494 e. The van der Waals surface area contributed by atoms with Crippen molar-refractivity contribution >= 4 is 0 Å². The SMILES string of the molecule is CCCOc1ccc(C(N)c2cnn(C)c2C)cc1. The average molecular weight is 259 g/mol. The van der Waals surface area contributed by atoms with Crippen LogP contribution in [0.4, 0.5) is 0 Å². The molecular formula is C15H21N3O. The van der Waals surface area contributed by atoms with Crippen molar-refractivity contribution in [2.45, 2.75) is 26.3 Å². The molecule has 1 aromatic carbocycles. The van der Waals surface area contributed by atoms with E-state index in [-0.39, 0.29) is 6.04 Å². The van der Waals surface area contributed by atoms with Crippen LogP contribution in [-0.2, 0) is 7.05 Å². The van der Waals surface area contributed by atoms with E-state index in [0.29, 0.717) is 0 Å². The molecule has 1 unspecified atom stereocenters. The average Bonchev–Trinajstić information content (AvgIpc) is 2.76. The quantitative estimate of drug-likeness (QED) is 0.897. The van der Waals surface area contributed by atoms with Gasteiger partial charge in [-0.1, -0.05) is 19.1 Å². The Labute approximate surface area is 114 Å². The van der Waals surface area contributed by atoms with Gasteiger partial charge in [0.1, 0.15) is 5.75 Å². The fourth-order valence-electron chi connectivity index (χ4n) is 1.99. The summed E-state index contributed by atoms with van der Waals surface area (Å²) in [6.07, 6.45) is 2.84. The van der Waals surface area contributed by atoms with Gasteiger partial charge in [-0.2, -0.15) is 5.10 Å². The molecule has 0 radical (unpaired) electrons. The van der Waals surface area contributed by atoms with Gasteiger partial charge in [-0.25, -0.2) is 0 Å². The number of nitrogens with zero attached hydrogens (tertiary/aromatic N) is 2. The van der Waals surface area contributed by atoms with Gasteiger partial charge < -0.3 is 10.5 Å². The van der Waals surface area contributed by atoms with Crippen molar-refractivity contribution in [3.63, 3.8) is 0 Å². The first kappa shape index (κ1) is 13.6. The molecule has 4 heteroatoms. The molecular weight excluding hydrogens is 238 g/mol.